The summed E-state index contributed by atoms with van der Waals surface area (Å²) in [5, 5.41) is 6.51. The lowest BCUT2D eigenvalue weighted by Gasteiger charge is -2.10. The Morgan fingerprint density at radius 3 is 2.30 bits per heavy atom. The highest BCUT2D eigenvalue weighted by atomic mass is 16.5. The van der Waals surface area contributed by atoms with Crippen LogP contribution in [0.25, 0.3) is 0 Å². The van der Waals surface area contributed by atoms with Gasteiger partial charge in [0.25, 0.3) is 0 Å². The van der Waals surface area contributed by atoms with Gasteiger partial charge in [-0.05, 0) is 25.0 Å². The van der Waals surface area contributed by atoms with Gasteiger partial charge in [-0.2, -0.15) is 5.10 Å². The van der Waals surface area contributed by atoms with Crippen LogP contribution < -0.4 is 20.2 Å². The number of benzene rings is 1. The maximum absolute atomic E-state index is 11.7. The fourth-order valence-corrected chi connectivity index (χ4v) is 2.53. The third-order valence-electron chi connectivity index (χ3n) is 3.72. The van der Waals surface area contributed by atoms with E-state index in [2.05, 4.69) is 15.8 Å². The van der Waals surface area contributed by atoms with E-state index in [1.54, 1.807) is 18.2 Å². The Morgan fingerprint density at radius 2 is 1.74 bits per heavy atom. The Hall–Kier alpha value is -2.57. The van der Waals surface area contributed by atoms with Gasteiger partial charge in [-0.3, -0.25) is 9.59 Å². The van der Waals surface area contributed by atoms with Crippen molar-refractivity contribution in [3.8, 4) is 11.5 Å². The van der Waals surface area contributed by atoms with E-state index < -0.39 is 11.8 Å². The number of hydrogen-bond donors (Lipinski definition) is 2. The van der Waals surface area contributed by atoms with Gasteiger partial charge in [0.15, 0.2) is 0 Å². The average molecular weight is 319 g/mol. The lowest BCUT2D eigenvalue weighted by Crippen LogP contribution is -2.42. The van der Waals surface area contributed by atoms with Crippen LogP contribution in [0.2, 0.25) is 0 Å². The van der Waals surface area contributed by atoms with Crippen LogP contribution in [0.3, 0.4) is 0 Å². The standard InChI is InChI=1S/C16H21N3O4/c1-22-13-8-5-9-14(23-2)12(13)10-17-19-16(21)15(20)18-11-6-3-4-7-11/h5,8-11H,3-4,6-7H2,1-2H3,(H,18,20)(H,19,21)/b17-10-. The zero-order valence-electron chi connectivity index (χ0n) is 13.3. The summed E-state index contributed by atoms with van der Waals surface area (Å²) in [6, 6.07) is 5.37. The summed E-state index contributed by atoms with van der Waals surface area (Å²) < 4.78 is 10.4. The van der Waals surface area contributed by atoms with Crippen molar-refractivity contribution in [3.05, 3.63) is 23.8 Å². The molecule has 7 nitrogen and oxygen atoms in total. The minimum atomic E-state index is -0.790. The predicted molar refractivity (Wildman–Crippen MR) is 85.7 cm³/mol. The number of amides is 2. The lowest BCUT2D eigenvalue weighted by molar-refractivity contribution is -0.139. The second kappa shape index (κ2) is 8.17. The van der Waals surface area contributed by atoms with Crippen LogP contribution in [0.1, 0.15) is 31.2 Å². The Kier molecular flexibility index (Phi) is 5.96. The van der Waals surface area contributed by atoms with Gasteiger partial charge in [-0.1, -0.05) is 18.9 Å². The summed E-state index contributed by atoms with van der Waals surface area (Å²) in [7, 11) is 3.06. The van der Waals surface area contributed by atoms with Crippen molar-refractivity contribution in [2.75, 3.05) is 14.2 Å². The minimum absolute atomic E-state index is 0.0894. The van der Waals surface area contributed by atoms with Gasteiger partial charge in [0.05, 0.1) is 26.0 Å². The van der Waals surface area contributed by atoms with Crippen LogP contribution in [-0.4, -0.2) is 38.3 Å². The number of ether oxygens (including phenoxy) is 2. The van der Waals surface area contributed by atoms with Crippen molar-refractivity contribution in [3.63, 3.8) is 0 Å². The second-order valence-electron chi connectivity index (χ2n) is 5.23. The van der Waals surface area contributed by atoms with E-state index in [9.17, 15) is 9.59 Å². The molecule has 1 aliphatic carbocycles. The molecule has 0 bridgehead atoms. The highest BCUT2D eigenvalue weighted by molar-refractivity contribution is 6.35. The van der Waals surface area contributed by atoms with Gasteiger partial charge in [0.1, 0.15) is 11.5 Å². The van der Waals surface area contributed by atoms with E-state index in [-0.39, 0.29) is 6.04 Å². The minimum Gasteiger partial charge on any atom is -0.496 e. The first-order valence-electron chi connectivity index (χ1n) is 7.50. The number of carbonyl (C=O) groups is 2. The lowest BCUT2D eigenvalue weighted by atomic mass is 10.2. The molecular weight excluding hydrogens is 298 g/mol. The van der Waals surface area contributed by atoms with Crippen LogP contribution in [0.4, 0.5) is 0 Å². The predicted octanol–water partition coefficient (Wildman–Crippen LogP) is 1.21. The number of nitrogens with one attached hydrogen (secondary N) is 2. The summed E-state index contributed by atoms with van der Waals surface area (Å²) in [4.78, 5) is 23.5. The highest BCUT2D eigenvalue weighted by Gasteiger charge is 2.21. The third kappa shape index (κ3) is 4.45. The van der Waals surface area contributed by atoms with E-state index in [0.717, 1.165) is 25.7 Å². The molecule has 2 rings (SSSR count). The van der Waals surface area contributed by atoms with Crippen molar-refractivity contribution in [2.45, 2.75) is 31.7 Å². The Labute approximate surface area is 135 Å². The van der Waals surface area contributed by atoms with Crippen molar-refractivity contribution < 1.29 is 19.1 Å². The van der Waals surface area contributed by atoms with Gasteiger partial charge in [0.2, 0.25) is 0 Å². The fraction of sp³-hybridized carbons (Fsp3) is 0.438. The van der Waals surface area contributed by atoms with Crippen LogP contribution >= 0.6 is 0 Å². The number of methoxy groups -OCH3 is 2. The first-order valence-corrected chi connectivity index (χ1v) is 7.50. The Morgan fingerprint density at radius 1 is 1.13 bits per heavy atom. The largest absolute Gasteiger partial charge is 0.496 e. The molecule has 0 spiro atoms. The molecule has 0 aromatic heterocycles. The molecule has 0 atom stereocenters. The highest BCUT2D eigenvalue weighted by Crippen LogP contribution is 2.26. The number of hydrogen-bond acceptors (Lipinski definition) is 5. The van der Waals surface area contributed by atoms with Crippen LogP contribution in [0.5, 0.6) is 11.5 Å². The smallest absolute Gasteiger partial charge is 0.329 e. The zero-order chi connectivity index (χ0) is 16.7. The molecule has 1 saturated carbocycles. The molecule has 1 aromatic carbocycles. The van der Waals surface area contributed by atoms with Gasteiger partial charge in [-0.15, -0.1) is 0 Å². The molecule has 0 unspecified atom stereocenters. The van der Waals surface area contributed by atoms with E-state index in [1.165, 1.54) is 20.4 Å². The molecule has 1 aromatic rings. The summed E-state index contributed by atoms with van der Waals surface area (Å²) in [6.45, 7) is 0. The molecule has 1 aliphatic rings. The molecule has 7 heteroatoms. The molecule has 0 aliphatic heterocycles. The van der Waals surface area contributed by atoms with Crippen LogP contribution in [0.15, 0.2) is 23.3 Å². The Balaban J connectivity index is 1.95. The quantitative estimate of drug-likeness (QED) is 0.485. The number of carbonyl (C=O) groups excluding carboxylic acids is 2. The van der Waals surface area contributed by atoms with Gasteiger partial charge < -0.3 is 14.8 Å². The molecule has 23 heavy (non-hydrogen) atoms. The topological polar surface area (TPSA) is 89.0 Å². The van der Waals surface area contributed by atoms with E-state index in [0.29, 0.717) is 17.1 Å². The molecule has 0 saturated heterocycles. The molecule has 0 radical (unpaired) electrons. The maximum atomic E-state index is 11.7. The monoisotopic (exact) mass is 319 g/mol. The molecule has 2 N–H and O–H groups in total. The van der Waals surface area contributed by atoms with Gasteiger partial charge in [0, 0.05) is 6.04 Å². The van der Waals surface area contributed by atoms with Crippen molar-refractivity contribution in [1.82, 2.24) is 10.7 Å². The van der Waals surface area contributed by atoms with Gasteiger partial charge in [-0.25, -0.2) is 5.43 Å². The average Bonchev–Trinajstić information content (AvgIpc) is 3.07. The second-order valence-corrected chi connectivity index (χ2v) is 5.23. The molecular formula is C16H21N3O4. The molecule has 2 amide bonds. The molecule has 0 heterocycles. The summed E-state index contributed by atoms with van der Waals surface area (Å²) in [5.74, 6) is -0.349. The normalized spacial score (nSPS) is 14.7. The summed E-state index contributed by atoms with van der Waals surface area (Å²) in [5.41, 5.74) is 2.79. The summed E-state index contributed by atoms with van der Waals surface area (Å²) in [6.07, 6.45) is 5.39. The first kappa shape index (κ1) is 16.8. The first-order chi connectivity index (χ1) is 11.2. The SMILES string of the molecule is COc1cccc(OC)c1/C=N\NC(=O)C(=O)NC1CCCC1. The van der Waals surface area contributed by atoms with E-state index >= 15 is 0 Å². The number of nitrogens with zero attached hydrogens (tertiary/aromatic N) is 1. The molecule has 124 valence electrons. The zero-order valence-corrected chi connectivity index (χ0v) is 13.3. The van der Waals surface area contributed by atoms with Crippen LogP contribution in [-0.2, 0) is 9.59 Å². The van der Waals surface area contributed by atoms with Crippen LogP contribution in [0, 0.1) is 0 Å². The third-order valence-corrected chi connectivity index (χ3v) is 3.72. The Bertz CT molecular complexity index is 573. The number of rotatable bonds is 5. The summed E-state index contributed by atoms with van der Waals surface area (Å²) >= 11 is 0. The van der Waals surface area contributed by atoms with Gasteiger partial charge >= 0.3 is 11.8 Å². The fourth-order valence-electron chi connectivity index (χ4n) is 2.53. The number of hydrazone groups is 1. The maximum Gasteiger partial charge on any atom is 0.329 e. The van der Waals surface area contributed by atoms with Crippen molar-refractivity contribution >= 4 is 18.0 Å². The molecule has 1 fully saturated rings. The van der Waals surface area contributed by atoms with Crippen molar-refractivity contribution in [2.24, 2.45) is 5.10 Å². The van der Waals surface area contributed by atoms with E-state index in [1.807, 2.05) is 0 Å². The van der Waals surface area contributed by atoms with Crippen molar-refractivity contribution in [1.29, 1.82) is 0 Å². The van der Waals surface area contributed by atoms with E-state index in [4.69, 9.17) is 9.47 Å².